The maximum atomic E-state index is 10.6. The topological polar surface area (TPSA) is 55.1 Å². The van der Waals surface area contributed by atoms with E-state index in [0.717, 1.165) is 16.9 Å². The number of aromatic nitrogens is 2. The summed E-state index contributed by atoms with van der Waals surface area (Å²) in [5.41, 5.74) is 4.06. The normalized spacial score (nSPS) is 10.6. The van der Waals surface area contributed by atoms with Gasteiger partial charge >= 0.3 is 5.97 Å². The molecule has 1 aromatic heterocycles. The molecule has 0 aliphatic heterocycles. The standard InChI is InChI=1S/C14H16N2O2/c1-10-3-6-13(7-4-10)16-9-12(11(2)15-16)5-8-14(17)18/h3-4,6-7,9H,5,8H2,1-2H3,(H,17,18). The smallest absolute Gasteiger partial charge is 0.303 e. The fraction of sp³-hybridized carbons (Fsp3) is 0.286. The molecule has 0 unspecified atom stereocenters. The van der Waals surface area contributed by atoms with Gasteiger partial charge in [-0.05, 0) is 38.0 Å². The van der Waals surface area contributed by atoms with Gasteiger partial charge in [-0.1, -0.05) is 17.7 Å². The number of hydrogen-bond acceptors (Lipinski definition) is 2. The van der Waals surface area contributed by atoms with Gasteiger partial charge in [0.1, 0.15) is 0 Å². The van der Waals surface area contributed by atoms with Crippen LogP contribution in [-0.4, -0.2) is 20.9 Å². The van der Waals surface area contributed by atoms with Crippen molar-refractivity contribution in [2.45, 2.75) is 26.7 Å². The Morgan fingerprint density at radius 3 is 2.56 bits per heavy atom. The van der Waals surface area contributed by atoms with Crippen LogP contribution in [0.4, 0.5) is 0 Å². The molecule has 94 valence electrons. The third kappa shape index (κ3) is 2.77. The second-order valence-electron chi connectivity index (χ2n) is 4.41. The van der Waals surface area contributed by atoms with Crippen molar-refractivity contribution >= 4 is 5.97 Å². The summed E-state index contributed by atoms with van der Waals surface area (Å²) >= 11 is 0. The first-order valence-corrected chi connectivity index (χ1v) is 5.90. The molecule has 4 heteroatoms. The molecule has 0 radical (unpaired) electrons. The highest BCUT2D eigenvalue weighted by Gasteiger charge is 2.08. The average molecular weight is 244 g/mol. The van der Waals surface area contributed by atoms with Crippen molar-refractivity contribution in [2.75, 3.05) is 0 Å². The molecule has 0 bridgehead atoms. The summed E-state index contributed by atoms with van der Waals surface area (Å²) in [5, 5.41) is 13.1. The lowest BCUT2D eigenvalue weighted by molar-refractivity contribution is -0.136. The molecule has 1 N–H and O–H groups in total. The van der Waals surface area contributed by atoms with Crippen LogP contribution in [0.1, 0.15) is 23.2 Å². The first-order valence-electron chi connectivity index (χ1n) is 5.90. The Labute approximate surface area is 106 Å². The predicted molar refractivity (Wildman–Crippen MR) is 69.0 cm³/mol. The van der Waals surface area contributed by atoms with E-state index in [1.165, 1.54) is 5.56 Å². The lowest BCUT2D eigenvalue weighted by Crippen LogP contribution is -1.97. The van der Waals surface area contributed by atoms with Crippen LogP contribution in [0.5, 0.6) is 0 Å². The van der Waals surface area contributed by atoms with Crippen molar-refractivity contribution in [1.82, 2.24) is 9.78 Å². The Kier molecular flexibility index (Phi) is 3.46. The van der Waals surface area contributed by atoms with Crippen LogP contribution in [0.2, 0.25) is 0 Å². The van der Waals surface area contributed by atoms with E-state index in [1.807, 2.05) is 44.3 Å². The third-order valence-electron chi connectivity index (χ3n) is 2.91. The van der Waals surface area contributed by atoms with Gasteiger partial charge < -0.3 is 5.11 Å². The van der Waals surface area contributed by atoms with E-state index in [-0.39, 0.29) is 6.42 Å². The molecular weight excluding hydrogens is 228 g/mol. The van der Waals surface area contributed by atoms with Gasteiger partial charge in [-0.15, -0.1) is 0 Å². The second kappa shape index (κ2) is 5.04. The van der Waals surface area contributed by atoms with Crippen LogP contribution >= 0.6 is 0 Å². The summed E-state index contributed by atoms with van der Waals surface area (Å²) in [6.07, 6.45) is 2.57. The minimum absolute atomic E-state index is 0.139. The van der Waals surface area contributed by atoms with Crippen molar-refractivity contribution in [1.29, 1.82) is 0 Å². The number of aryl methyl sites for hydroxylation is 3. The third-order valence-corrected chi connectivity index (χ3v) is 2.91. The van der Waals surface area contributed by atoms with Gasteiger partial charge in [0.2, 0.25) is 0 Å². The van der Waals surface area contributed by atoms with E-state index in [0.29, 0.717) is 6.42 Å². The minimum Gasteiger partial charge on any atom is -0.481 e. The van der Waals surface area contributed by atoms with Gasteiger partial charge in [-0.25, -0.2) is 4.68 Å². The largest absolute Gasteiger partial charge is 0.481 e. The Bertz CT molecular complexity index is 556. The van der Waals surface area contributed by atoms with Gasteiger partial charge in [0.05, 0.1) is 11.4 Å². The molecule has 0 spiro atoms. The van der Waals surface area contributed by atoms with Crippen molar-refractivity contribution in [3.63, 3.8) is 0 Å². The Hall–Kier alpha value is -2.10. The molecule has 0 amide bonds. The molecule has 0 atom stereocenters. The highest BCUT2D eigenvalue weighted by molar-refractivity contribution is 5.67. The minimum atomic E-state index is -0.780. The van der Waals surface area contributed by atoms with Crippen molar-refractivity contribution < 1.29 is 9.90 Å². The average Bonchev–Trinajstić information content (AvgIpc) is 2.69. The van der Waals surface area contributed by atoms with E-state index >= 15 is 0 Å². The molecular formula is C14H16N2O2. The van der Waals surface area contributed by atoms with Crippen molar-refractivity contribution in [2.24, 2.45) is 0 Å². The monoisotopic (exact) mass is 244 g/mol. The molecule has 2 rings (SSSR count). The first kappa shape index (κ1) is 12.4. The summed E-state index contributed by atoms with van der Waals surface area (Å²) in [6.45, 7) is 3.94. The van der Waals surface area contributed by atoms with Crippen molar-refractivity contribution in [3.05, 3.63) is 47.3 Å². The number of hydrogen-bond donors (Lipinski definition) is 1. The number of carboxylic acids is 1. The van der Waals surface area contributed by atoms with Crippen molar-refractivity contribution in [3.8, 4) is 5.69 Å². The highest BCUT2D eigenvalue weighted by Crippen LogP contribution is 2.14. The van der Waals surface area contributed by atoms with Crippen LogP contribution in [0.25, 0.3) is 5.69 Å². The highest BCUT2D eigenvalue weighted by atomic mass is 16.4. The van der Waals surface area contributed by atoms with Gasteiger partial charge in [-0.3, -0.25) is 4.79 Å². The van der Waals surface area contributed by atoms with E-state index < -0.39 is 5.97 Å². The summed E-state index contributed by atoms with van der Waals surface area (Å²) < 4.78 is 1.80. The quantitative estimate of drug-likeness (QED) is 0.899. The van der Waals surface area contributed by atoms with Crippen LogP contribution in [0.3, 0.4) is 0 Å². The van der Waals surface area contributed by atoms with E-state index in [1.54, 1.807) is 4.68 Å². The molecule has 0 aliphatic carbocycles. The number of rotatable bonds is 4. The van der Waals surface area contributed by atoms with E-state index in [2.05, 4.69) is 5.10 Å². The van der Waals surface area contributed by atoms with Gasteiger partial charge in [-0.2, -0.15) is 5.10 Å². The Morgan fingerprint density at radius 1 is 1.28 bits per heavy atom. The van der Waals surface area contributed by atoms with Crippen LogP contribution in [0, 0.1) is 13.8 Å². The summed E-state index contributed by atoms with van der Waals surface area (Å²) in [6, 6.07) is 8.07. The first-order chi connectivity index (χ1) is 8.56. The summed E-state index contributed by atoms with van der Waals surface area (Å²) in [4.78, 5) is 10.6. The molecule has 4 nitrogen and oxygen atoms in total. The Morgan fingerprint density at radius 2 is 1.94 bits per heavy atom. The zero-order valence-electron chi connectivity index (χ0n) is 10.6. The summed E-state index contributed by atoms with van der Waals surface area (Å²) in [5.74, 6) is -0.780. The molecule has 18 heavy (non-hydrogen) atoms. The SMILES string of the molecule is Cc1ccc(-n2cc(CCC(=O)O)c(C)n2)cc1. The molecule has 0 fully saturated rings. The molecule has 2 aromatic rings. The van der Waals surface area contributed by atoms with E-state index in [9.17, 15) is 4.79 Å². The lowest BCUT2D eigenvalue weighted by atomic mass is 10.1. The molecule has 1 heterocycles. The maximum Gasteiger partial charge on any atom is 0.303 e. The van der Waals surface area contributed by atoms with E-state index in [4.69, 9.17) is 5.11 Å². The van der Waals surface area contributed by atoms with Gasteiger partial charge in [0.15, 0.2) is 0 Å². The van der Waals surface area contributed by atoms with Gasteiger partial charge in [0.25, 0.3) is 0 Å². The second-order valence-corrected chi connectivity index (χ2v) is 4.41. The number of carboxylic acid groups (broad SMARTS) is 1. The number of benzene rings is 1. The number of nitrogens with zero attached hydrogens (tertiary/aromatic N) is 2. The number of carbonyl (C=O) groups is 1. The number of aliphatic carboxylic acids is 1. The van der Waals surface area contributed by atoms with Crippen LogP contribution < -0.4 is 0 Å². The molecule has 1 aromatic carbocycles. The molecule has 0 saturated carbocycles. The fourth-order valence-electron chi connectivity index (χ4n) is 1.81. The zero-order chi connectivity index (χ0) is 13.1. The molecule has 0 saturated heterocycles. The maximum absolute atomic E-state index is 10.6. The van der Waals surface area contributed by atoms with Crippen LogP contribution in [0.15, 0.2) is 30.5 Å². The molecule has 0 aliphatic rings. The van der Waals surface area contributed by atoms with Crippen LogP contribution in [-0.2, 0) is 11.2 Å². The van der Waals surface area contributed by atoms with Gasteiger partial charge in [0, 0.05) is 12.6 Å². The zero-order valence-corrected chi connectivity index (χ0v) is 10.6. The Balaban J connectivity index is 2.22. The predicted octanol–water partition coefficient (Wildman–Crippen LogP) is 2.51. The lowest BCUT2D eigenvalue weighted by Gasteiger charge is -2.00. The fourth-order valence-corrected chi connectivity index (χ4v) is 1.81. The summed E-state index contributed by atoms with van der Waals surface area (Å²) in [7, 11) is 0.